The number of likely N-dealkylation sites (N-methyl/N-ethyl adjacent to an activating group) is 1. The van der Waals surface area contributed by atoms with Gasteiger partial charge in [0.25, 0.3) is 11.8 Å². The Morgan fingerprint density at radius 1 is 1.07 bits per heavy atom. The molecule has 4 N–H and O–H groups in total. The summed E-state index contributed by atoms with van der Waals surface area (Å²) in [5, 5.41) is 14.1. The molecule has 1 aromatic heterocycles. The zero-order valence-corrected chi connectivity index (χ0v) is 15.8. The van der Waals surface area contributed by atoms with Crippen LogP contribution in [0.15, 0.2) is 24.3 Å². The number of aromatic nitrogens is 1. The third-order valence-electron chi connectivity index (χ3n) is 4.91. The molecule has 2 heterocycles. The van der Waals surface area contributed by atoms with Crippen molar-refractivity contribution in [1.82, 2.24) is 25.4 Å². The van der Waals surface area contributed by atoms with Gasteiger partial charge in [0.1, 0.15) is 5.69 Å². The van der Waals surface area contributed by atoms with Gasteiger partial charge in [0.15, 0.2) is 0 Å². The molecule has 0 atom stereocenters. The van der Waals surface area contributed by atoms with Crippen molar-refractivity contribution in [2.75, 3.05) is 45.8 Å². The highest BCUT2D eigenvalue weighted by molar-refractivity contribution is 6.01. The van der Waals surface area contributed by atoms with Crippen LogP contribution in [0.1, 0.15) is 27.8 Å². The first-order chi connectivity index (χ1) is 13.5. The third kappa shape index (κ3) is 4.61. The number of benzene rings is 1. The van der Waals surface area contributed by atoms with Gasteiger partial charge >= 0.3 is 6.09 Å². The van der Waals surface area contributed by atoms with Crippen molar-refractivity contribution in [3.05, 3.63) is 35.5 Å². The van der Waals surface area contributed by atoms with Gasteiger partial charge in [-0.1, -0.05) is 6.92 Å². The predicted molar refractivity (Wildman–Crippen MR) is 105 cm³/mol. The highest BCUT2D eigenvalue weighted by Crippen LogP contribution is 2.19. The number of aromatic amines is 1. The van der Waals surface area contributed by atoms with E-state index in [0.717, 1.165) is 43.6 Å². The Bertz CT molecular complexity index is 870. The normalized spacial score (nSPS) is 14.8. The number of hydrogen-bond acceptors (Lipinski definition) is 4. The topological polar surface area (TPSA) is 118 Å². The molecular formula is C19H25N5O4. The number of piperazine rings is 1. The minimum atomic E-state index is -1.13. The second kappa shape index (κ2) is 8.75. The van der Waals surface area contributed by atoms with Crippen LogP contribution in [-0.4, -0.2) is 83.6 Å². The van der Waals surface area contributed by atoms with Crippen molar-refractivity contribution in [3.8, 4) is 0 Å². The van der Waals surface area contributed by atoms with E-state index in [2.05, 4.69) is 27.4 Å². The van der Waals surface area contributed by atoms with Crippen molar-refractivity contribution in [2.45, 2.75) is 6.92 Å². The molecule has 0 saturated carbocycles. The van der Waals surface area contributed by atoms with E-state index in [1.54, 1.807) is 24.3 Å². The van der Waals surface area contributed by atoms with Crippen LogP contribution in [-0.2, 0) is 0 Å². The molecule has 1 aliphatic heterocycles. The fourth-order valence-corrected chi connectivity index (χ4v) is 3.28. The number of fused-ring (bicyclic) bond motifs is 1. The second-order valence-corrected chi connectivity index (χ2v) is 6.70. The van der Waals surface area contributed by atoms with Crippen molar-refractivity contribution < 1.29 is 19.5 Å². The van der Waals surface area contributed by atoms with Crippen LogP contribution < -0.4 is 10.6 Å². The van der Waals surface area contributed by atoms with E-state index in [1.165, 1.54) is 0 Å². The SMILES string of the molecule is CCN1CCN(C(=O)c2ccc3[nH]c(C(=O)NCCNC(=O)O)cc3c2)CC1. The Balaban J connectivity index is 1.64. The predicted octanol–water partition coefficient (Wildman–Crippen LogP) is 0.943. The summed E-state index contributed by atoms with van der Waals surface area (Å²) in [6, 6.07) is 7.06. The molecule has 0 unspecified atom stereocenters. The Morgan fingerprint density at radius 2 is 1.79 bits per heavy atom. The number of amides is 3. The highest BCUT2D eigenvalue weighted by atomic mass is 16.4. The molecule has 0 aliphatic carbocycles. The van der Waals surface area contributed by atoms with Crippen LogP contribution in [0.4, 0.5) is 4.79 Å². The summed E-state index contributed by atoms with van der Waals surface area (Å²) in [5.74, 6) is -0.323. The summed E-state index contributed by atoms with van der Waals surface area (Å²) in [5.41, 5.74) is 1.74. The smallest absolute Gasteiger partial charge is 0.404 e. The van der Waals surface area contributed by atoms with Crippen LogP contribution in [0, 0.1) is 0 Å². The Hall–Kier alpha value is -3.07. The van der Waals surface area contributed by atoms with Crippen LogP contribution in [0.5, 0.6) is 0 Å². The average Bonchev–Trinajstić information content (AvgIpc) is 3.14. The van der Waals surface area contributed by atoms with Gasteiger partial charge in [-0.15, -0.1) is 0 Å². The summed E-state index contributed by atoms with van der Waals surface area (Å²) in [7, 11) is 0. The van der Waals surface area contributed by atoms with E-state index in [1.807, 2.05) is 4.90 Å². The summed E-state index contributed by atoms with van der Waals surface area (Å²) >= 11 is 0. The van der Waals surface area contributed by atoms with Gasteiger partial charge in [-0.05, 0) is 30.8 Å². The number of hydrogen-bond donors (Lipinski definition) is 4. The Labute approximate surface area is 162 Å². The number of rotatable bonds is 6. The Kier molecular flexibility index (Phi) is 6.15. The molecule has 9 nitrogen and oxygen atoms in total. The summed E-state index contributed by atoms with van der Waals surface area (Å²) in [6.07, 6.45) is -1.13. The number of H-pyrrole nitrogens is 1. The maximum atomic E-state index is 12.8. The molecule has 1 fully saturated rings. The first-order valence-corrected chi connectivity index (χ1v) is 9.37. The zero-order valence-electron chi connectivity index (χ0n) is 15.8. The number of nitrogens with zero attached hydrogens (tertiary/aromatic N) is 2. The molecule has 150 valence electrons. The van der Waals surface area contributed by atoms with E-state index < -0.39 is 6.09 Å². The van der Waals surface area contributed by atoms with E-state index in [9.17, 15) is 14.4 Å². The van der Waals surface area contributed by atoms with E-state index in [0.29, 0.717) is 11.3 Å². The van der Waals surface area contributed by atoms with Crippen molar-refractivity contribution in [1.29, 1.82) is 0 Å². The maximum absolute atomic E-state index is 12.8. The van der Waals surface area contributed by atoms with Gasteiger partial charge in [0.05, 0.1) is 0 Å². The largest absolute Gasteiger partial charge is 0.465 e. The fraction of sp³-hybridized carbons (Fsp3) is 0.421. The van der Waals surface area contributed by atoms with Gasteiger partial charge in [0.2, 0.25) is 0 Å². The van der Waals surface area contributed by atoms with Crippen molar-refractivity contribution >= 4 is 28.8 Å². The third-order valence-corrected chi connectivity index (χ3v) is 4.91. The summed E-state index contributed by atoms with van der Waals surface area (Å²) in [4.78, 5) is 42.6. The lowest BCUT2D eigenvalue weighted by Crippen LogP contribution is -2.48. The van der Waals surface area contributed by atoms with Gasteiger partial charge in [-0.2, -0.15) is 0 Å². The zero-order chi connectivity index (χ0) is 20.1. The molecule has 1 saturated heterocycles. The monoisotopic (exact) mass is 387 g/mol. The van der Waals surface area contributed by atoms with Crippen molar-refractivity contribution in [3.63, 3.8) is 0 Å². The minimum Gasteiger partial charge on any atom is -0.465 e. The molecule has 0 spiro atoms. The molecule has 9 heteroatoms. The highest BCUT2D eigenvalue weighted by Gasteiger charge is 2.21. The molecule has 0 bridgehead atoms. The number of carbonyl (C=O) groups is 3. The van der Waals surface area contributed by atoms with Crippen LogP contribution in [0.25, 0.3) is 10.9 Å². The maximum Gasteiger partial charge on any atom is 0.404 e. The summed E-state index contributed by atoms with van der Waals surface area (Å²) in [6.45, 7) is 6.64. The average molecular weight is 387 g/mol. The van der Waals surface area contributed by atoms with Gasteiger partial charge in [-0.3, -0.25) is 9.59 Å². The van der Waals surface area contributed by atoms with E-state index in [4.69, 9.17) is 5.11 Å². The summed E-state index contributed by atoms with van der Waals surface area (Å²) < 4.78 is 0. The van der Waals surface area contributed by atoms with Gasteiger partial charge in [0, 0.05) is 55.7 Å². The van der Waals surface area contributed by atoms with Gasteiger partial charge in [-0.25, -0.2) is 4.79 Å². The lowest BCUT2D eigenvalue weighted by atomic mass is 10.1. The van der Waals surface area contributed by atoms with Gasteiger partial charge < -0.3 is 30.5 Å². The molecule has 0 radical (unpaired) electrons. The number of carboxylic acid groups (broad SMARTS) is 1. The van der Waals surface area contributed by atoms with Crippen LogP contribution in [0.3, 0.4) is 0 Å². The minimum absolute atomic E-state index is 0.00426. The number of nitrogens with one attached hydrogen (secondary N) is 3. The fourth-order valence-electron chi connectivity index (χ4n) is 3.28. The lowest BCUT2D eigenvalue weighted by Gasteiger charge is -2.34. The van der Waals surface area contributed by atoms with E-state index >= 15 is 0 Å². The molecule has 2 aromatic rings. The number of carbonyl (C=O) groups excluding carboxylic acids is 2. The first-order valence-electron chi connectivity index (χ1n) is 9.37. The molecular weight excluding hydrogens is 362 g/mol. The molecule has 3 rings (SSSR count). The van der Waals surface area contributed by atoms with Crippen LogP contribution in [0.2, 0.25) is 0 Å². The standard InChI is InChI=1S/C19H25N5O4/c1-2-23-7-9-24(10-8-23)18(26)13-3-4-15-14(11-13)12-16(22-15)17(25)20-5-6-21-19(27)28/h3-4,11-12,21-22H,2,5-10H2,1H3,(H,20,25)(H,27,28). The Morgan fingerprint density at radius 3 is 2.46 bits per heavy atom. The lowest BCUT2D eigenvalue weighted by molar-refractivity contribution is 0.0643. The van der Waals surface area contributed by atoms with Crippen molar-refractivity contribution in [2.24, 2.45) is 0 Å². The molecule has 28 heavy (non-hydrogen) atoms. The molecule has 3 amide bonds. The molecule has 1 aromatic carbocycles. The van der Waals surface area contributed by atoms with Crippen LogP contribution >= 0.6 is 0 Å². The first kappa shape index (κ1) is 19.7. The second-order valence-electron chi connectivity index (χ2n) is 6.70. The molecule has 1 aliphatic rings. The quantitative estimate of drug-likeness (QED) is 0.551. The van der Waals surface area contributed by atoms with E-state index in [-0.39, 0.29) is 24.9 Å².